The SMILES string of the molecule is CCOC(=O)c1ccc(NC(=O)COC(=O)CN2C(=O)NC3(CC(C)CC(C)(C)C3)C2=O)cc1. The summed E-state index contributed by atoms with van der Waals surface area (Å²) in [5.74, 6) is -2.12. The van der Waals surface area contributed by atoms with Gasteiger partial charge in [0.05, 0.1) is 12.2 Å². The lowest BCUT2D eigenvalue weighted by molar-refractivity contribution is -0.150. The predicted molar refractivity (Wildman–Crippen MR) is 122 cm³/mol. The molecule has 3 rings (SSSR count). The van der Waals surface area contributed by atoms with Gasteiger partial charge in [-0.15, -0.1) is 0 Å². The quantitative estimate of drug-likeness (QED) is 0.459. The summed E-state index contributed by atoms with van der Waals surface area (Å²) >= 11 is 0. The molecular weight excluding hydrogens is 442 g/mol. The molecule has 2 fully saturated rings. The van der Waals surface area contributed by atoms with E-state index in [0.717, 1.165) is 11.3 Å². The first kappa shape index (κ1) is 25.2. The van der Waals surface area contributed by atoms with Crippen molar-refractivity contribution in [1.82, 2.24) is 10.2 Å². The Morgan fingerprint density at radius 3 is 2.41 bits per heavy atom. The fourth-order valence-corrected chi connectivity index (χ4v) is 5.07. The second-order valence-corrected chi connectivity index (χ2v) is 9.76. The van der Waals surface area contributed by atoms with Crippen molar-refractivity contribution in [1.29, 1.82) is 0 Å². The van der Waals surface area contributed by atoms with Gasteiger partial charge in [-0.3, -0.25) is 19.3 Å². The Balaban J connectivity index is 1.51. The zero-order valence-electron chi connectivity index (χ0n) is 19.9. The zero-order chi connectivity index (χ0) is 25.1. The maximum atomic E-state index is 13.1. The van der Waals surface area contributed by atoms with Crippen molar-refractivity contribution >= 4 is 35.5 Å². The predicted octanol–water partition coefficient (Wildman–Crippen LogP) is 2.48. The second-order valence-electron chi connectivity index (χ2n) is 9.76. The summed E-state index contributed by atoms with van der Waals surface area (Å²) in [7, 11) is 0. The Kier molecular flexibility index (Phi) is 7.28. The lowest BCUT2D eigenvalue weighted by Crippen LogP contribution is -2.54. The molecule has 1 saturated carbocycles. The van der Waals surface area contributed by atoms with E-state index in [9.17, 15) is 24.0 Å². The topological polar surface area (TPSA) is 131 Å². The second kappa shape index (κ2) is 9.82. The van der Waals surface area contributed by atoms with Crippen molar-refractivity contribution in [3.8, 4) is 0 Å². The summed E-state index contributed by atoms with van der Waals surface area (Å²) in [6, 6.07) is 5.41. The van der Waals surface area contributed by atoms with E-state index in [1.807, 2.05) is 6.92 Å². The molecule has 10 nitrogen and oxygen atoms in total. The van der Waals surface area contributed by atoms with E-state index in [-0.39, 0.29) is 17.9 Å². The first-order valence-corrected chi connectivity index (χ1v) is 11.3. The molecule has 0 radical (unpaired) electrons. The number of imide groups is 1. The van der Waals surface area contributed by atoms with Crippen LogP contribution in [0.2, 0.25) is 0 Å². The standard InChI is InChI=1S/C24H31N3O7/c1-5-33-20(30)16-6-8-17(9-7-16)25-18(28)13-34-19(29)12-27-21(31)24(26-22(27)32)11-15(2)10-23(3,4)14-24/h6-9,15H,5,10-14H2,1-4H3,(H,25,28)(H,26,32). The molecule has 4 amide bonds. The van der Waals surface area contributed by atoms with E-state index in [1.54, 1.807) is 6.92 Å². The molecule has 0 aromatic heterocycles. The van der Waals surface area contributed by atoms with Crippen molar-refractivity contribution in [3.05, 3.63) is 29.8 Å². The molecule has 1 aliphatic carbocycles. The van der Waals surface area contributed by atoms with Gasteiger partial charge in [-0.05, 0) is 61.8 Å². The first-order chi connectivity index (χ1) is 15.9. The molecule has 1 aromatic carbocycles. The summed E-state index contributed by atoms with van der Waals surface area (Å²) in [6.07, 6.45) is 1.96. The third-order valence-corrected chi connectivity index (χ3v) is 5.96. The van der Waals surface area contributed by atoms with Crippen molar-refractivity contribution < 1.29 is 33.4 Å². The lowest BCUT2D eigenvalue weighted by atomic mass is 9.64. The van der Waals surface area contributed by atoms with Crippen LogP contribution in [0.15, 0.2) is 24.3 Å². The number of benzene rings is 1. The van der Waals surface area contributed by atoms with Crippen molar-refractivity contribution in [2.45, 2.75) is 52.5 Å². The average Bonchev–Trinajstić information content (AvgIpc) is 2.94. The minimum Gasteiger partial charge on any atom is -0.462 e. The molecule has 2 atom stereocenters. The summed E-state index contributed by atoms with van der Waals surface area (Å²) < 4.78 is 9.86. The third kappa shape index (κ3) is 5.73. The fraction of sp³-hybridized carbons (Fsp3) is 0.542. The summed E-state index contributed by atoms with van der Waals surface area (Å²) in [6.45, 7) is 6.97. The Morgan fingerprint density at radius 1 is 1.12 bits per heavy atom. The number of carbonyl (C=O) groups is 5. The molecule has 1 heterocycles. The van der Waals surface area contributed by atoms with Crippen LogP contribution < -0.4 is 10.6 Å². The van der Waals surface area contributed by atoms with Gasteiger partial charge >= 0.3 is 18.0 Å². The fourth-order valence-electron chi connectivity index (χ4n) is 5.07. The van der Waals surface area contributed by atoms with Crippen LogP contribution >= 0.6 is 0 Å². The van der Waals surface area contributed by atoms with E-state index in [4.69, 9.17) is 9.47 Å². The van der Waals surface area contributed by atoms with Crippen molar-refractivity contribution in [3.63, 3.8) is 0 Å². The number of urea groups is 1. The third-order valence-electron chi connectivity index (χ3n) is 5.96. The number of ether oxygens (including phenoxy) is 2. The van der Waals surface area contributed by atoms with E-state index in [2.05, 4.69) is 24.5 Å². The molecule has 1 aliphatic heterocycles. The van der Waals surface area contributed by atoms with Gasteiger partial charge in [0.2, 0.25) is 0 Å². The number of rotatable bonds is 7. The minimum atomic E-state index is -1.01. The van der Waals surface area contributed by atoms with E-state index in [0.29, 0.717) is 24.1 Å². The molecule has 2 unspecified atom stereocenters. The summed E-state index contributed by atoms with van der Waals surface area (Å²) in [5.41, 5.74) is -0.387. The molecular formula is C24H31N3O7. The van der Waals surface area contributed by atoms with Crippen LogP contribution in [0.1, 0.15) is 57.3 Å². The monoisotopic (exact) mass is 473 g/mol. The number of nitrogens with zero attached hydrogens (tertiary/aromatic N) is 1. The number of nitrogens with one attached hydrogen (secondary N) is 2. The molecule has 184 valence electrons. The lowest BCUT2D eigenvalue weighted by Gasteiger charge is -2.43. The molecule has 10 heteroatoms. The molecule has 1 saturated heterocycles. The highest BCUT2D eigenvalue weighted by Gasteiger charge is 2.56. The number of hydrogen-bond donors (Lipinski definition) is 2. The van der Waals surface area contributed by atoms with Crippen molar-refractivity contribution in [2.75, 3.05) is 25.1 Å². The van der Waals surface area contributed by atoms with Gasteiger partial charge in [-0.25, -0.2) is 9.59 Å². The van der Waals surface area contributed by atoms with E-state index >= 15 is 0 Å². The molecule has 2 N–H and O–H groups in total. The molecule has 1 aromatic rings. The van der Waals surface area contributed by atoms with Crippen molar-refractivity contribution in [2.24, 2.45) is 11.3 Å². The van der Waals surface area contributed by atoms with Crippen LogP contribution in [-0.2, 0) is 23.9 Å². The number of esters is 2. The highest BCUT2D eigenvalue weighted by molar-refractivity contribution is 6.09. The van der Waals surface area contributed by atoms with Crippen LogP contribution in [0.5, 0.6) is 0 Å². The Bertz CT molecular complexity index is 989. The van der Waals surface area contributed by atoms with Crippen LogP contribution in [-0.4, -0.2) is 60.0 Å². The van der Waals surface area contributed by atoms with Crippen LogP contribution in [0.4, 0.5) is 10.5 Å². The van der Waals surface area contributed by atoms with Gasteiger partial charge in [-0.2, -0.15) is 0 Å². The Hall–Kier alpha value is -3.43. The maximum absolute atomic E-state index is 13.1. The smallest absolute Gasteiger partial charge is 0.338 e. The number of hydrogen-bond acceptors (Lipinski definition) is 7. The van der Waals surface area contributed by atoms with Gasteiger partial charge < -0.3 is 20.1 Å². The zero-order valence-corrected chi connectivity index (χ0v) is 19.9. The molecule has 34 heavy (non-hydrogen) atoms. The van der Waals surface area contributed by atoms with Gasteiger partial charge in [0, 0.05) is 5.69 Å². The summed E-state index contributed by atoms with van der Waals surface area (Å²) in [5, 5.41) is 5.33. The van der Waals surface area contributed by atoms with Gasteiger partial charge in [0.25, 0.3) is 11.8 Å². The Morgan fingerprint density at radius 2 is 1.79 bits per heavy atom. The van der Waals surface area contributed by atoms with Gasteiger partial charge in [-0.1, -0.05) is 20.8 Å². The van der Waals surface area contributed by atoms with E-state index in [1.165, 1.54) is 24.3 Å². The minimum absolute atomic E-state index is 0.121. The van der Waals surface area contributed by atoms with E-state index < -0.39 is 48.5 Å². The van der Waals surface area contributed by atoms with Gasteiger partial charge in [0.1, 0.15) is 12.1 Å². The largest absolute Gasteiger partial charge is 0.462 e. The normalized spacial score (nSPS) is 23.4. The highest BCUT2D eigenvalue weighted by atomic mass is 16.5. The number of anilines is 1. The maximum Gasteiger partial charge on any atom is 0.338 e. The average molecular weight is 474 g/mol. The Labute approximate surface area is 198 Å². The molecule has 2 aliphatic rings. The number of carbonyl (C=O) groups excluding carboxylic acids is 5. The van der Waals surface area contributed by atoms with Crippen LogP contribution in [0, 0.1) is 11.3 Å². The van der Waals surface area contributed by atoms with Gasteiger partial charge in [0.15, 0.2) is 6.61 Å². The molecule has 1 spiro atoms. The molecule has 0 bridgehead atoms. The van der Waals surface area contributed by atoms with Crippen LogP contribution in [0.3, 0.4) is 0 Å². The first-order valence-electron chi connectivity index (χ1n) is 11.3. The summed E-state index contributed by atoms with van der Waals surface area (Å²) in [4.78, 5) is 62.5. The highest BCUT2D eigenvalue weighted by Crippen LogP contribution is 2.46. The van der Waals surface area contributed by atoms with Crippen LogP contribution in [0.25, 0.3) is 0 Å². The number of amides is 4.